The molecule has 6 aliphatic rings. The van der Waals surface area contributed by atoms with Crippen molar-refractivity contribution in [3.8, 4) is 109 Å². The van der Waals surface area contributed by atoms with Crippen LogP contribution < -0.4 is 9.47 Å². The number of hydrogen-bond acceptors (Lipinski definition) is 30. The van der Waals surface area contributed by atoms with E-state index in [1.165, 1.54) is 6.07 Å². The summed E-state index contributed by atoms with van der Waals surface area (Å²) in [5.74, 6) is -36.4. The fourth-order valence-corrected chi connectivity index (χ4v) is 11.7. The Bertz CT molecular complexity index is 4100. The Kier molecular flexibility index (Phi) is 11.8. The molecule has 1 saturated heterocycles. The summed E-state index contributed by atoms with van der Waals surface area (Å²) < 4.78 is 42.1. The van der Waals surface area contributed by atoms with E-state index in [-0.39, 0.29) is 16.9 Å². The van der Waals surface area contributed by atoms with Gasteiger partial charge < -0.3 is 120 Å². The van der Waals surface area contributed by atoms with Gasteiger partial charge in [0.15, 0.2) is 93.4 Å². The van der Waals surface area contributed by atoms with Gasteiger partial charge in [-0.1, -0.05) is 6.07 Å². The number of aromatic hydroxyl groups is 15. The first-order valence-corrected chi connectivity index (χ1v) is 24.7. The largest absolute Gasteiger partial charge is 0.507 e. The number of carbonyl (C=O) groups excluding carboxylic acids is 6. The van der Waals surface area contributed by atoms with Crippen molar-refractivity contribution in [3.05, 3.63) is 105 Å². The second-order valence-corrected chi connectivity index (χ2v) is 20.2. The number of hydrogen-bond donors (Lipinski definition) is 17. The number of fused-ring (bicyclic) bond motifs is 8. The van der Waals surface area contributed by atoms with Crippen LogP contribution in [-0.2, 0) is 39.7 Å². The summed E-state index contributed by atoms with van der Waals surface area (Å²) in [6.45, 7) is -1.56. The molecule has 438 valence electrons. The van der Waals surface area contributed by atoms with E-state index >= 15 is 19.2 Å². The van der Waals surface area contributed by atoms with E-state index in [2.05, 4.69) is 0 Å². The minimum Gasteiger partial charge on any atom is -0.507 e. The second-order valence-electron chi connectivity index (χ2n) is 20.2. The summed E-state index contributed by atoms with van der Waals surface area (Å²) in [6.07, 6.45) is -14.7. The average Bonchev–Trinajstić information content (AvgIpc) is 1.52. The van der Waals surface area contributed by atoms with Crippen molar-refractivity contribution < 1.29 is 149 Å². The second kappa shape index (κ2) is 18.5. The van der Waals surface area contributed by atoms with Crippen LogP contribution in [0.15, 0.2) is 60.4 Å². The van der Waals surface area contributed by atoms with Crippen molar-refractivity contribution in [2.45, 2.75) is 54.6 Å². The molecule has 0 amide bonds. The maximum atomic E-state index is 15.4. The van der Waals surface area contributed by atoms with Crippen LogP contribution in [0.5, 0.6) is 97.7 Å². The molecule has 0 radical (unpaired) electrons. The molecule has 12 rings (SSSR count). The maximum absolute atomic E-state index is 15.4. The lowest BCUT2D eigenvalue weighted by Gasteiger charge is -2.47. The van der Waals surface area contributed by atoms with Gasteiger partial charge in [-0.3, -0.25) is 9.59 Å². The molecule has 5 aliphatic heterocycles. The van der Waals surface area contributed by atoms with Crippen LogP contribution in [0.1, 0.15) is 75.7 Å². The SMILES string of the molecule is O=C(O[C@@H]1COC(=O)c2cc(O)c(O)c(O)c2-c2c(cc(O)c(O)c2O)C(=O)O[C@H]1[C@@H]1OC(=O)c2cc(O)c(O)c(O)c2C2=C(O)C(=O)[C@]34Oc5c6c(cc(O)c5[C@@H]3[C@@H]1OC(=O)[C@@H]24)O[C@@H](c1ccc(O)c(O)c1)[C@@H](O)C6)c1cc(O)c(O)c(O)c1. The number of aliphatic hydroxyl groups is 2. The number of rotatable bonds is 4. The predicted octanol–water partition coefficient (Wildman–Crippen LogP) is 2.44. The standard InChI is InChI=1S/C55H38O30/c56-18-2-1-12(3-19(18)57)44-26(64)6-14-27(80-44)10-20(58)32-34-47-48(84-53(77)17-9-25(63)39(68)42(71)31(17)33-35(54(78)83-47)55(34,85-45(14)32)49(73)43(33)72)46-28(81-50(74)13-4-21(59)36(65)22(60)5-13)11-79-51(75)15-7-23(61)37(66)40(69)29(15)30-16(52(76)82-46)8-24(62)38(67)41(30)70/h1-5,7-10,26,28,34-35,44,46-48,56-72H,6,11H2/t26-,28+,34+,35+,44-,46+,47-,48-,55-/m0/s1. The van der Waals surface area contributed by atoms with Gasteiger partial charge in [0.05, 0.1) is 34.3 Å². The van der Waals surface area contributed by atoms with E-state index in [0.29, 0.717) is 30.3 Å². The first-order chi connectivity index (χ1) is 40.2. The zero-order valence-corrected chi connectivity index (χ0v) is 42.1. The minimum absolute atomic E-state index is 0.0685. The lowest BCUT2D eigenvalue weighted by Crippen LogP contribution is -2.65. The normalized spacial score (nSPS) is 24.5. The molecule has 5 heterocycles. The van der Waals surface area contributed by atoms with E-state index in [4.69, 9.17) is 33.2 Å². The third kappa shape index (κ3) is 7.60. The Morgan fingerprint density at radius 3 is 1.66 bits per heavy atom. The van der Waals surface area contributed by atoms with Crippen molar-refractivity contribution in [2.75, 3.05) is 6.61 Å². The third-order valence-electron chi connectivity index (χ3n) is 15.5. The van der Waals surface area contributed by atoms with Gasteiger partial charge >= 0.3 is 29.8 Å². The number of carbonyl (C=O) groups is 6. The predicted molar refractivity (Wildman–Crippen MR) is 268 cm³/mol. The van der Waals surface area contributed by atoms with E-state index in [1.807, 2.05) is 0 Å². The summed E-state index contributed by atoms with van der Waals surface area (Å²) in [4.78, 5) is 89.8. The first kappa shape index (κ1) is 54.0. The van der Waals surface area contributed by atoms with Gasteiger partial charge in [-0.05, 0) is 48.0 Å². The highest BCUT2D eigenvalue weighted by atomic mass is 16.6. The summed E-state index contributed by atoms with van der Waals surface area (Å²) in [6, 6.07) is 6.47. The molecule has 30 heteroatoms. The van der Waals surface area contributed by atoms with Gasteiger partial charge in [-0.2, -0.15) is 0 Å². The summed E-state index contributed by atoms with van der Waals surface area (Å²) in [7, 11) is 0. The van der Waals surface area contributed by atoms with Gasteiger partial charge in [0.2, 0.25) is 28.6 Å². The average molecular weight is 1180 g/mol. The molecule has 9 atom stereocenters. The highest BCUT2D eigenvalue weighted by molar-refractivity contribution is 6.21. The number of cyclic esters (lactones) is 3. The van der Waals surface area contributed by atoms with Gasteiger partial charge in [0.25, 0.3) is 0 Å². The molecule has 0 saturated carbocycles. The lowest BCUT2D eigenvalue weighted by molar-refractivity contribution is -0.200. The van der Waals surface area contributed by atoms with Crippen LogP contribution in [-0.4, -0.2) is 165 Å². The van der Waals surface area contributed by atoms with Crippen molar-refractivity contribution in [2.24, 2.45) is 5.92 Å². The summed E-state index contributed by atoms with van der Waals surface area (Å²) in [5.41, 5.74) is -12.8. The van der Waals surface area contributed by atoms with Gasteiger partial charge in [0, 0.05) is 45.9 Å². The molecule has 0 aromatic heterocycles. The van der Waals surface area contributed by atoms with Crippen LogP contribution in [0, 0.1) is 5.92 Å². The van der Waals surface area contributed by atoms with Crippen molar-refractivity contribution in [3.63, 3.8) is 0 Å². The molecule has 6 aromatic carbocycles. The van der Waals surface area contributed by atoms with E-state index in [0.717, 1.165) is 18.2 Å². The Morgan fingerprint density at radius 1 is 0.529 bits per heavy atom. The van der Waals surface area contributed by atoms with Crippen LogP contribution in [0.3, 0.4) is 0 Å². The number of Topliss-reactive ketones (excluding diaryl/α,β-unsaturated/α-hetero) is 1. The molecule has 6 aromatic rings. The molecule has 0 unspecified atom stereocenters. The number of ketones is 1. The maximum Gasteiger partial charge on any atom is 0.339 e. The van der Waals surface area contributed by atoms with Crippen molar-refractivity contribution >= 4 is 41.2 Å². The molecule has 1 aliphatic carbocycles. The zero-order valence-electron chi connectivity index (χ0n) is 42.1. The number of benzene rings is 6. The van der Waals surface area contributed by atoms with Crippen molar-refractivity contribution in [1.29, 1.82) is 0 Å². The number of ether oxygens (including phenoxy) is 7. The molecular formula is C55H38O30. The van der Waals surface area contributed by atoms with Crippen molar-refractivity contribution in [1.82, 2.24) is 0 Å². The molecule has 17 N–H and O–H groups in total. The molecule has 1 fully saturated rings. The zero-order chi connectivity index (χ0) is 61.1. The highest BCUT2D eigenvalue weighted by Crippen LogP contribution is 2.67. The van der Waals surface area contributed by atoms with Crippen LogP contribution in [0.2, 0.25) is 0 Å². The van der Waals surface area contributed by atoms with Crippen LogP contribution in [0.4, 0.5) is 0 Å². The number of phenols is 15. The quantitative estimate of drug-likeness (QED) is 0.0684. The highest BCUT2D eigenvalue weighted by Gasteiger charge is 2.76. The van der Waals surface area contributed by atoms with Crippen LogP contribution in [0.25, 0.3) is 16.7 Å². The van der Waals surface area contributed by atoms with E-state index in [1.54, 1.807) is 0 Å². The Hall–Kier alpha value is -11.6. The van der Waals surface area contributed by atoms with E-state index in [9.17, 15) is 96.4 Å². The number of aliphatic hydroxyl groups excluding tert-OH is 2. The number of esters is 5. The molecule has 4 bridgehead atoms. The van der Waals surface area contributed by atoms with Gasteiger partial charge in [-0.15, -0.1) is 0 Å². The molecule has 1 spiro atoms. The smallest absolute Gasteiger partial charge is 0.339 e. The third-order valence-corrected chi connectivity index (χ3v) is 15.5. The Morgan fingerprint density at radius 2 is 1.07 bits per heavy atom. The molecular weight excluding hydrogens is 1140 g/mol. The monoisotopic (exact) mass is 1180 g/mol. The molecule has 85 heavy (non-hydrogen) atoms. The fraction of sp³-hybridized carbons (Fsp3) is 0.200. The van der Waals surface area contributed by atoms with Gasteiger partial charge in [-0.25, -0.2) is 19.2 Å². The van der Waals surface area contributed by atoms with Gasteiger partial charge in [0.1, 0.15) is 35.9 Å². The van der Waals surface area contributed by atoms with E-state index < -0.39 is 251 Å². The van der Waals surface area contributed by atoms with Crippen LogP contribution >= 0.6 is 0 Å². The molecule has 30 nitrogen and oxygen atoms in total. The Balaban J connectivity index is 1.12. The number of phenolic OH excluding ortho intramolecular Hbond substituents is 15. The summed E-state index contributed by atoms with van der Waals surface area (Å²) in [5, 5.41) is 187. The topological polar surface area (TPSA) is 511 Å². The summed E-state index contributed by atoms with van der Waals surface area (Å²) >= 11 is 0. The minimum atomic E-state index is -3.11. The first-order valence-electron chi connectivity index (χ1n) is 24.7. The Labute approximate surface area is 469 Å². The lowest BCUT2D eigenvalue weighted by atomic mass is 9.67. The fourth-order valence-electron chi connectivity index (χ4n) is 11.7.